The van der Waals surface area contributed by atoms with E-state index in [1.54, 1.807) is 0 Å². The number of hydrogen-bond acceptors (Lipinski definition) is 4. The molecule has 0 aliphatic rings. The third-order valence-corrected chi connectivity index (χ3v) is 3.19. The maximum absolute atomic E-state index is 5.66. The summed E-state index contributed by atoms with van der Waals surface area (Å²) in [7, 11) is 0. The summed E-state index contributed by atoms with van der Waals surface area (Å²) in [6, 6.07) is 10.3. The molecule has 0 saturated heterocycles. The number of aromatic nitrogens is 2. The van der Waals surface area contributed by atoms with Gasteiger partial charge in [-0.15, -0.1) is 0 Å². The monoisotopic (exact) mass is 285 g/mol. The van der Waals surface area contributed by atoms with Gasteiger partial charge in [0.25, 0.3) is 0 Å². The van der Waals surface area contributed by atoms with E-state index in [2.05, 4.69) is 41.3 Å². The number of rotatable bonds is 5. The zero-order chi connectivity index (χ0) is 15.4. The average Bonchev–Trinajstić information content (AvgIpc) is 2.37. The molecule has 21 heavy (non-hydrogen) atoms. The summed E-state index contributed by atoms with van der Waals surface area (Å²) in [6.07, 6.45) is 0.0981. The fourth-order valence-electron chi connectivity index (χ4n) is 2.25. The molecule has 1 aromatic heterocycles. The van der Waals surface area contributed by atoms with Gasteiger partial charge in [-0.05, 0) is 45.7 Å². The summed E-state index contributed by atoms with van der Waals surface area (Å²) < 4.78 is 5.66. The smallest absolute Gasteiger partial charge is 0.226 e. The van der Waals surface area contributed by atoms with Crippen LogP contribution in [0.15, 0.2) is 30.3 Å². The van der Waals surface area contributed by atoms with Crippen LogP contribution in [0.25, 0.3) is 0 Å². The van der Waals surface area contributed by atoms with Crippen LogP contribution in [-0.2, 0) is 0 Å². The van der Waals surface area contributed by atoms with Crippen molar-refractivity contribution in [3.63, 3.8) is 0 Å². The molecule has 1 N–H and O–H groups in total. The van der Waals surface area contributed by atoms with Crippen molar-refractivity contribution >= 4 is 5.95 Å². The van der Waals surface area contributed by atoms with E-state index in [1.807, 2.05) is 39.0 Å². The van der Waals surface area contributed by atoms with E-state index in [0.29, 0.717) is 11.8 Å². The molecule has 2 rings (SSSR count). The third-order valence-electron chi connectivity index (χ3n) is 3.19. The van der Waals surface area contributed by atoms with Crippen molar-refractivity contribution in [2.75, 3.05) is 5.32 Å². The standard InChI is InChI=1S/C17H23N3O/c1-11(2)21-16-10-13(4)18-17(20-16)19-14(5)15-9-7-6-8-12(15)3/h6-11,14H,1-5H3,(H,18,19,20). The van der Waals surface area contributed by atoms with Gasteiger partial charge >= 0.3 is 0 Å². The molecule has 1 heterocycles. The van der Waals surface area contributed by atoms with E-state index in [4.69, 9.17) is 4.74 Å². The van der Waals surface area contributed by atoms with Gasteiger partial charge in [-0.1, -0.05) is 24.3 Å². The first kappa shape index (κ1) is 15.3. The molecular formula is C17H23N3O. The van der Waals surface area contributed by atoms with E-state index >= 15 is 0 Å². The van der Waals surface area contributed by atoms with Crippen molar-refractivity contribution in [1.82, 2.24) is 9.97 Å². The average molecular weight is 285 g/mol. The lowest BCUT2D eigenvalue weighted by atomic mass is 10.0. The van der Waals surface area contributed by atoms with Crippen LogP contribution in [0.4, 0.5) is 5.95 Å². The Morgan fingerprint density at radius 2 is 1.76 bits per heavy atom. The van der Waals surface area contributed by atoms with Crippen LogP contribution in [0.3, 0.4) is 0 Å². The minimum Gasteiger partial charge on any atom is -0.475 e. The summed E-state index contributed by atoms with van der Waals surface area (Å²) in [5, 5.41) is 3.35. The van der Waals surface area contributed by atoms with Crippen LogP contribution in [0, 0.1) is 13.8 Å². The second-order valence-corrected chi connectivity index (χ2v) is 5.56. The van der Waals surface area contributed by atoms with Gasteiger partial charge in [0, 0.05) is 11.8 Å². The molecule has 2 aromatic rings. The van der Waals surface area contributed by atoms with Crippen molar-refractivity contribution in [3.05, 3.63) is 47.2 Å². The topological polar surface area (TPSA) is 47.0 Å². The van der Waals surface area contributed by atoms with E-state index in [1.165, 1.54) is 11.1 Å². The van der Waals surface area contributed by atoms with Crippen LogP contribution < -0.4 is 10.1 Å². The Morgan fingerprint density at radius 1 is 1.05 bits per heavy atom. The number of hydrogen-bond donors (Lipinski definition) is 1. The molecule has 0 fully saturated rings. The minimum absolute atomic E-state index is 0.0981. The lowest BCUT2D eigenvalue weighted by Crippen LogP contribution is -2.13. The first-order valence-corrected chi connectivity index (χ1v) is 7.30. The quantitative estimate of drug-likeness (QED) is 0.900. The number of benzene rings is 1. The van der Waals surface area contributed by atoms with Crippen molar-refractivity contribution in [2.24, 2.45) is 0 Å². The highest BCUT2D eigenvalue weighted by molar-refractivity contribution is 5.37. The van der Waals surface area contributed by atoms with Gasteiger partial charge in [-0.2, -0.15) is 4.98 Å². The maximum Gasteiger partial charge on any atom is 0.226 e. The zero-order valence-corrected chi connectivity index (χ0v) is 13.3. The summed E-state index contributed by atoms with van der Waals surface area (Å²) in [4.78, 5) is 8.86. The van der Waals surface area contributed by atoms with E-state index in [-0.39, 0.29) is 12.1 Å². The normalized spacial score (nSPS) is 12.3. The predicted molar refractivity (Wildman–Crippen MR) is 85.7 cm³/mol. The molecule has 1 unspecified atom stereocenters. The summed E-state index contributed by atoms with van der Waals surface area (Å²) >= 11 is 0. The van der Waals surface area contributed by atoms with Gasteiger partial charge in [-0.3, -0.25) is 0 Å². The highest BCUT2D eigenvalue weighted by Gasteiger charge is 2.11. The lowest BCUT2D eigenvalue weighted by Gasteiger charge is -2.17. The molecular weight excluding hydrogens is 262 g/mol. The van der Waals surface area contributed by atoms with Crippen LogP contribution in [0.1, 0.15) is 43.6 Å². The van der Waals surface area contributed by atoms with Crippen LogP contribution in [0.5, 0.6) is 5.88 Å². The zero-order valence-electron chi connectivity index (χ0n) is 13.3. The Labute approximate surface area is 126 Å². The molecule has 112 valence electrons. The Hall–Kier alpha value is -2.10. The SMILES string of the molecule is Cc1cc(OC(C)C)nc(NC(C)c2ccccc2C)n1. The Morgan fingerprint density at radius 3 is 2.43 bits per heavy atom. The molecule has 1 atom stereocenters. The summed E-state index contributed by atoms with van der Waals surface area (Å²) in [6.45, 7) is 10.1. The first-order chi connectivity index (χ1) is 9.95. The molecule has 0 bridgehead atoms. The molecule has 0 aliphatic heterocycles. The molecule has 0 saturated carbocycles. The molecule has 0 radical (unpaired) electrons. The van der Waals surface area contributed by atoms with E-state index in [9.17, 15) is 0 Å². The van der Waals surface area contributed by atoms with Gasteiger partial charge in [0.2, 0.25) is 11.8 Å². The third kappa shape index (κ3) is 4.18. The highest BCUT2D eigenvalue weighted by Crippen LogP contribution is 2.21. The van der Waals surface area contributed by atoms with Crippen LogP contribution in [-0.4, -0.2) is 16.1 Å². The first-order valence-electron chi connectivity index (χ1n) is 7.30. The van der Waals surface area contributed by atoms with Crippen molar-refractivity contribution in [3.8, 4) is 5.88 Å². The van der Waals surface area contributed by atoms with Crippen LogP contribution in [0.2, 0.25) is 0 Å². The van der Waals surface area contributed by atoms with Crippen molar-refractivity contribution < 1.29 is 4.74 Å². The van der Waals surface area contributed by atoms with Crippen molar-refractivity contribution in [2.45, 2.75) is 46.8 Å². The fraction of sp³-hybridized carbons (Fsp3) is 0.412. The predicted octanol–water partition coefficient (Wildman–Crippen LogP) is 4.05. The molecule has 1 aromatic carbocycles. The van der Waals surface area contributed by atoms with Gasteiger partial charge in [-0.25, -0.2) is 4.98 Å². The second kappa shape index (κ2) is 6.57. The number of ether oxygens (including phenoxy) is 1. The number of nitrogens with one attached hydrogen (secondary N) is 1. The highest BCUT2D eigenvalue weighted by atomic mass is 16.5. The number of anilines is 1. The van der Waals surface area contributed by atoms with Gasteiger partial charge < -0.3 is 10.1 Å². The van der Waals surface area contributed by atoms with Crippen LogP contribution >= 0.6 is 0 Å². The van der Waals surface area contributed by atoms with Gasteiger partial charge in [0.05, 0.1) is 12.1 Å². The minimum atomic E-state index is 0.0981. The molecule has 4 nitrogen and oxygen atoms in total. The number of nitrogens with zero attached hydrogens (tertiary/aromatic N) is 2. The molecule has 0 spiro atoms. The van der Waals surface area contributed by atoms with Gasteiger partial charge in [0.15, 0.2) is 0 Å². The summed E-state index contributed by atoms with van der Waals surface area (Å²) in [5.41, 5.74) is 3.39. The summed E-state index contributed by atoms with van der Waals surface area (Å²) in [5.74, 6) is 1.21. The fourth-order valence-corrected chi connectivity index (χ4v) is 2.25. The Bertz CT molecular complexity index is 611. The molecule has 0 amide bonds. The molecule has 0 aliphatic carbocycles. The Kier molecular flexibility index (Phi) is 4.78. The molecule has 4 heteroatoms. The lowest BCUT2D eigenvalue weighted by molar-refractivity contribution is 0.232. The van der Waals surface area contributed by atoms with E-state index in [0.717, 1.165) is 5.69 Å². The number of aryl methyl sites for hydroxylation is 2. The van der Waals surface area contributed by atoms with Gasteiger partial charge in [0.1, 0.15) is 0 Å². The van der Waals surface area contributed by atoms with Crippen molar-refractivity contribution in [1.29, 1.82) is 0 Å². The van der Waals surface area contributed by atoms with E-state index < -0.39 is 0 Å². The maximum atomic E-state index is 5.66. The Balaban J connectivity index is 2.19. The largest absolute Gasteiger partial charge is 0.475 e. The second-order valence-electron chi connectivity index (χ2n) is 5.56.